The van der Waals surface area contributed by atoms with Crippen LogP contribution in [0.15, 0.2) is 0 Å². The van der Waals surface area contributed by atoms with Gasteiger partial charge in [-0.15, -0.1) is 13.2 Å². The van der Waals surface area contributed by atoms with E-state index in [0.29, 0.717) is 0 Å². The van der Waals surface area contributed by atoms with Crippen LogP contribution >= 0.6 is 11.6 Å². The van der Waals surface area contributed by atoms with E-state index in [2.05, 4.69) is 7.85 Å². The van der Waals surface area contributed by atoms with Gasteiger partial charge in [-0.05, 0) is 0 Å². The van der Waals surface area contributed by atoms with E-state index in [4.69, 9.17) is 21.8 Å². The standard InChI is InChI=1S/2C2H5O.CH2BCl/c2*1-2-3;2-1-3/h2*2H2,1H3;1H2/q2*-1;+2. The van der Waals surface area contributed by atoms with Gasteiger partial charge in [-0.3, -0.25) is 0 Å². The zero-order valence-electron chi connectivity index (χ0n) is 5.89. The molecule has 0 amide bonds. The van der Waals surface area contributed by atoms with Crippen molar-refractivity contribution in [1.82, 2.24) is 0 Å². The first-order valence-corrected chi connectivity index (χ1v) is 3.20. The van der Waals surface area contributed by atoms with Gasteiger partial charge in [0.05, 0.1) is 0 Å². The minimum atomic E-state index is 0. The fourth-order valence-electron chi connectivity index (χ4n) is 0. The second-order valence-electron chi connectivity index (χ2n) is 0.732. The van der Waals surface area contributed by atoms with Crippen molar-refractivity contribution in [2.24, 2.45) is 0 Å². The van der Waals surface area contributed by atoms with Crippen LogP contribution < -0.4 is 10.2 Å². The Labute approximate surface area is 63.3 Å². The Morgan fingerprint density at radius 1 is 1.22 bits per heavy atom. The van der Waals surface area contributed by atoms with Gasteiger partial charge < -0.3 is 10.2 Å². The third-order valence-electron chi connectivity index (χ3n) is 0. The van der Waals surface area contributed by atoms with Gasteiger partial charge in [0.15, 0.2) is 0 Å². The van der Waals surface area contributed by atoms with Crippen molar-refractivity contribution < 1.29 is 10.2 Å². The van der Waals surface area contributed by atoms with Gasteiger partial charge in [0.2, 0.25) is 0 Å². The molecule has 0 atom stereocenters. The SMILES string of the molecule is CC[O-].CC[O-].[B+2]CCl. The van der Waals surface area contributed by atoms with Crippen molar-refractivity contribution in [3.05, 3.63) is 0 Å². The molecule has 0 aromatic carbocycles. The van der Waals surface area contributed by atoms with Crippen LogP contribution in [0.4, 0.5) is 0 Å². The Kier molecular flexibility index (Phi) is 73.2. The number of alkyl halides is 1. The summed E-state index contributed by atoms with van der Waals surface area (Å²) in [4.78, 5) is 0. The van der Waals surface area contributed by atoms with E-state index in [1.54, 1.807) is 13.8 Å². The van der Waals surface area contributed by atoms with Crippen molar-refractivity contribution in [2.75, 3.05) is 19.0 Å². The van der Waals surface area contributed by atoms with Crippen LogP contribution in [-0.4, -0.2) is 26.8 Å². The van der Waals surface area contributed by atoms with Gasteiger partial charge in [0, 0.05) is 0 Å². The maximum atomic E-state index is 8.93. The first-order valence-electron chi connectivity index (χ1n) is 2.67. The Bertz CT molecular complexity index is 19.7. The average molecular weight is 150 g/mol. The van der Waals surface area contributed by atoms with Crippen LogP contribution in [0.5, 0.6) is 0 Å². The van der Waals surface area contributed by atoms with E-state index in [1.807, 2.05) is 0 Å². The first-order chi connectivity index (χ1) is 4.24. The predicted molar refractivity (Wildman–Crippen MR) is 37.6 cm³/mol. The second kappa shape index (κ2) is 40.8. The molecule has 0 aliphatic carbocycles. The average Bonchev–Trinajstić information content (AvgIpc) is 1.70. The third kappa shape index (κ3) is 4310. The fourth-order valence-corrected chi connectivity index (χ4v) is 0. The minimum absolute atomic E-state index is 0. The predicted octanol–water partition coefficient (Wildman–Crippen LogP) is -0.916. The molecule has 0 aliphatic rings. The molecule has 0 spiro atoms. The molecular formula is C5H12BClO2. The molecule has 0 unspecified atom stereocenters. The Balaban J connectivity index is -0.0000000600. The first kappa shape index (κ1) is 16.1. The molecule has 0 aliphatic heterocycles. The quantitative estimate of drug-likeness (QED) is 0.331. The van der Waals surface area contributed by atoms with Gasteiger partial charge in [-0.2, -0.15) is 0 Å². The Morgan fingerprint density at radius 2 is 1.22 bits per heavy atom. The van der Waals surface area contributed by atoms with Crippen LogP contribution in [0.3, 0.4) is 0 Å². The van der Waals surface area contributed by atoms with Gasteiger partial charge in [0.1, 0.15) is 0 Å². The summed E-state index contributed by atoms with van der Waals surface area (Å²) in [5.74, 6) is 0.222. The summed E-state index contributed by atoms with van der Waals surface area (Å²) in [7, 11) is 4.61. The van der Waals surface area contributed by atoms with E-state index in [-0.39, 0.29) is 19.0 Å². The number of hydrogen-bond donors (Lipinski definition) is 0. The summed E-state index contributed by atoms with van der Waals surface area (Å²) < 4.78 is 0. The topological polar surface area (TPSA) is 46.1 Å². The zero-order valence-corrected chi connectivity index (χ0v) is 6.65. The molecule has 0 N–H and O–H groups in total. The molecule has 0 rings (SSSR count). The third-order valence-corrected chi connectivity index (χ3v) is 0. The summed E-state index contributed by atoms with van der Waals surface area (Å²) in [5.41, 5.74) is 0. The van der Waals surface area contributed by atoms with Crippen LogP contribution in [0.1, 0.15) is 13.8 Å². The van der Waals surface area contributed by atoms with E-state index < -0.39 is 0 Å². The Hall–Kier alpha value is 0.275. The normalized spacial score (nSPS) is 6.11. The molecule has 4 heteroatoms. The van der Waals surface area contributed by atoms with Crippen LogP contribution in [-0.2, 0) is 0 Å². The summed E-state index contributed by atoms with van der Waals surface area (Å²) in [5, 5.41) is 17.9. The van der Waals surface area contributed by atoms with Crippen LogP contribution in [0.25, 0.3) is 0 Å². The van der Waals surface area contributed by atoms with Gasteiger partial charge >= 0.3 is 25.2 Å². The number of rotatable bonds is 0. The molecule has 0 bridgehead atoms. The van der Waals surface area contributed by atoms with E-state index in [9.17, 15) is 0 Å². The molecule has 0 saturated heterocycles. The van der Waals surface area contributed by atoms with Gasteiger partial charge in [-0.25, -0.2) is 0 Å². The van der Waals surface area contributed by atoms with E-state index in [1.165, 1.54) is 0 Å². The molecule has 0 aromatic heterocycles. The Morgan fingerprint density at radius 3 is 1.22 bits per heavy atom. The number of halogens is 1. The van der Waals surface area contributed by atoms with Crippen molar-refractivity contribution >= 4 is 19.4 Å². The molecule has 9 heavy (non-hydrogen) atoms. The monoisotopic (exact) mass is 150 g/mol. The van der Waals surface area contributed by atoms with Crippen LogP contribution in [0.2, 0.25) is 0 Å². The van der Waals surface area contributed by atoms with E-state index in [0.717, 1.165) is 0 Å². The van der Waals surface area contributed by atoms with Crippen molar-refractivity contribution in [3.8, 4) is 0 Å². The van der Waals surface area contributed by atoms with Gasteiger partial charge in [-0.1, -0.05) is 13.8 Å². The van der Waals surface area contributed by atoms with Crippen molar-refractivity contribution in [1.29, 1.82) is 0 Å². The second-order valence-corrected chi connectivity index (χ2v) is 1.04. The summed E-state index contributed by atoms with van der Waals surface area (Å²) in [6.45, 7) is 3.14. The fraction of sp³-hybridized carbons (Fsp3) is 1.00. The molecular weight excluding hydrogens is 138 g/mol. The summed E-state index contributed by atoms with van der Waals surface area (Å²) >= 11 is 4.78. The van der Waals surface area contributed by atoms with E-state index >= 15 is 0 Å². The maximum absolute atomic E-state index is 8.93. The van der Waals surface area contributed by atoms with Crippen LogP contribution in [0, 0.1) is 0 Å². The zero-order chi connectivity index (χ0) is 8.12. The molecule has 0 radical (unpaired) electrons. The van der Waals surface area contributed by atoms with Gasteiger partial charge in [0.25, 0.3) is 0 Å². The summed E-state index contributed by atoms with van der Waals surface area (Å²) in [6.07, 6.45) is 0. The molecule has 0 aromatic rings. The molecule has 0 heterocycles. The molecule has 54 valence electrons. The number of hydrogen-bond acceptors (Lipinski definition) is 2. The molecule has 2 nitrogen and oxygen atoms in total. The molecule has 0 fully saturated rings. The van der Waals surface area contributed by atoms with Crippen molar-refractivity contribution in [2.45, 2.75) is 13.8 Å². The summed E-state index contributed by atoms with van der Waals surface area (Å²) in [6, 6.07) is 0. The molecule has 0 saturated carbocycles. The van der Waals surface area contributed by atoms with Crippen molar-refractivity contribution in [3.63, 3.8) is 0 Å².